The minimum absolute atomic E-state index is 0.100. The molecule has 2 aliphatic rings. The lowest BCUT2D eigenvalue weighted by Gasteiger charge is -2.34. The van der Waals surface area contributed by atoms with Crippen molar-refractivity contribution in [3.63, 3.8) is 0 Å². The molecule has 0 spiro atoms. The third kappa shape index (κ3) is 4.47. The summed E-state index contributed by atoms with van der Waals surface area (Å²) >= 11 is 0. The van der Waals surface area contributed by atoms with Crippen LogP contribution in [0, 0.1) is 0 Å². The fraction of sp³-hybridized carbons (Fsp3) is 0.435. The van der Waals surface area contributed by atoms with Crippen LogP contribution in [-0.4, -0.2) is 73.8 Å². The standard InChI is InChI=1S/C23H28N8O/c1-29-15-18(14-26-29)21-4-10-25-23(28-21)31-13-7-20(16-31)27-19-5-11-30(12-6-19)22(32)17-2-8-24-9-3-17/h2-4,8-10,14-15,19-20,27H,5-7,11-13,16H2,1H3. The number of piperidine rings is 1. The number of likely N-dealkylation sites (tertiary alicyclic amines) is 1. The molecule has 166 valence electrons. The van der Waals surface area contributed by atoms with Gasteiger partial charge in [0.05, 0.1) is 11.9 Å². The van der Waals surface area contributed by atoms with Crippen LogP contribution < -0.4 is 10.2 Å². The zero-order chi connectivity index (χ0) is 21.9. The molecule has 2 fully saturated rings. The Bertz CT molecular complexity index is 1060. The van der Waals surface area contributed by atoms with Crippen LogP contribution >= 0.6 is 0 Å². The van der Waals surface area contributed by atoms with Gasteiger partial charge in [-0.25, -0.2) is 9.97 Å². The van der Waals surface area contributed by atoms with Crippen LogP contribution in [-0.2, 0) is 7.05 Å². The summed E-state index contributed by atoms with van der Waals surface area (Å²) in [5.41, 5.74) is 2.61. The number of aryl methyl sites for hydroxylation is 1. The number of hydrogen-bond donors (Lipinski definition) is 1. The monoisotopic (exact) mass is 432 g/mol. The number of carbonyl (C=O) groups excluding carboxylic acids is 1. The lowest BCUT2D eigenvalue weighted by molar-refractivity contribution is 0.0702. The molecule has 1 amide bonds. The predicted octanol–water partition coefficient (Wildman–Crippen LogP) is 1.75. The summed E-state index contributed by atoms with van der Waals surface area (Å²) in [7, 11) is 1.90. The molecule has 1 unspecified atom stereocenters. The molecule has 1 atom stereocenters. The van der Waals surface area contributed by atoms with Gasteiger partial charge in [-0.15, -0.1) is 0 Å². The highest BCUT2D eigenvalue weighted by atomic mass is 16.2. The zero-order valence-electron chi connectivity index (χ0n) is 18.3. The van der Waals surface area contributed by atoms with Gasteiger partial charge in [0, 0.05) is 81.2 Å². The van der Waals surface area contributed by atoms with Gasteiger partial charge in [-0.2, -0.15) is 5.10 Å². The lowest BCUT2D eigenvalue weighted by Crippen LogP contribution is -2.48. The van der Waals surface area contributed by atoms with Crippen LogP contribution in [0.5, 0.6) is 0 Å². The molecule has 32 heavy (non-hydrogen) atoms. The van der Waals surface area contributed by atoms with E-state index in [1.54, 1.807) is 29.2 Å². The van der Waals surface area contributed by atoms with Crippen molar-refractivity contribution in [1.82, 2.24) is 34.9 Å². The maximum Gasteiger partial charge on any atom is 0.253 e. The lowest BCUT2D eigenvalue weighted by atomic mass is 10.0. The zero-order valence-corrected chi connectivity index (χ0v) is 18.3. The Balaban J connectivity index is 1.13. The van der Waals surface area contributed by atoms with Gasteiger partial charge in [0.25, 0.3) is 5.91 Å². The van der Waals surface area contributed by atoms with E-state index in [1.807, 2.05) is 36.6 Å². The average Bonchev–Trinajstić information content (AvgIpc) is 3.49. The van der Waals surface area contributed by atoms with Crippen molar-refractivity contribution in [3.8, 4) is 11.3 Å². The van der Waals surface area contributed by atoms with Crippen molar-refractivity contribution in [2.24, 2.45) is 7.05 Å². The number of hydrogen-bond acceptors (Lipinski definition) is 7. The van der Waals surface area contributed by atoms with E-state index < -0.39 is 0 Å². The van der Waals surface area contributed by atoms with E-state index in [9.17, 15) is 4.79 Å². The van der Waals surface area contributed by atoms with Gasteiger partial charge in [-0.1, -0.05) is 0 Å². The van der Waals surface area contributed by atoms with Crippen LogP contribution in [0.4, 0.5) is 5.95 Å². The molecule has 0 radical (unpaired) electrons. The van der Waals surface area contributed by atoms with Crippen LogP contribution in [0.2, 0.25) is 0 Å². The van der Waals surface area contributed by atoms with E-state index in [4.69, 9.17) is 4.98 Å². The van der Waals surface area contributed by atoms with Crippen LogP contribution in [0.25, 0.3) is 11.3 Å². The largest absolute Gasteiger partial charge is 0.339 e. The first-order chi connectivity index (χ1) is 15.7. The Kier molecular flexibility index (Phi) is 5.81. The molecule has 2 aliphatic heterocycles. The topological polar surface area (TPSA) is 92.1 Å². The normalized spacial score (nSPS) is 19.5. The number of amides is 1. The summed E-state index contributed by atoms with van der Waals surface area (Å²) in [6, 6.07) is 6.33. The summed E-state index contributed by atoms with van der Waals surface area (Å²) in [6.45, 7) is 3.40. The van der Waals surface area contributed by atoms with Crippen molar-refractivity contribution in [2.75, 3.05) is 31.1 Å². The summed E-state index contributed by atoms with van der Waals surface area (Å²) in [4.78, 5) is 30.1. The van der Waals surface area contributed by atoms with Gasteiger partial charge >= 0.3 is 0 Å². The Hall–Kier alpha value is -3.33. The van der Waals surface area contributed by atoms with Crippen LogP contribution in [0.3, 0.4) is 0 Å². The highest BCUT2D eigenvalue weighted by molar-refractivity contribution is 5.94. The van der Waals surface area contributed by atoms with E-state index in [0.717, 1.165) is 62.6 Å². The van der Waals surface area contributed by atoms with E-state index in [1.165, 1.54) is 0 Å². The first-order valence-electron chi connectivity index (χ1n) is 11.2. The van der Waals surface area contributed by atoms with Crippen molar-refractivity contribution in [3.05, 3.63) is 54.7 Å². The summed E-state index contributed by atoms with van der Waals surface area (Å²) in [5, 5.41) is 8.04. The van der Waals surface area contributed by atoms with Crippen LogP contribution in [0.15, 0.2) is 49.2 Å². The number of nitrogens with one attached hydrogen (secondary N) is 1. The minimum atomic E-state index is 0.100. The third-order valence-electron chi connectivity index (χ3n) is 6.30. The number of anilines is 1. The molecule has 2 saturated heterocycles. The summed E-state index contributed by atoms with van der Waals surface area (Å²) < 4.78 is 1.78. The molecule has 9 nitrogen and oxygen atoms in total. The first kappa shape index (κ1) is 20.6. The Morgan fingerprint density at radius 1 is 1.03 bits per heavy atom. The number of carbonyl (C=O) groups is 1. The number of nitrogens with zero attached hydrogens (tertiary/aromatic N) is 7. The average molecular weight is 433 g/mol. The summed E-state index contributed by atoms with van der Waals surface area (Å²) in [5.74, 6) is 0.872. The second kappa shape index (κ2) is 9.04. The molecule has 0 aromatic carbocycles. The SMILES string of the molecule is Cn1cc(-c2ccnc(N3CCC(NC4CCN(C(=O)c5ccncc5)CC4)C3)n2)cn1. The van der Waals surface area contributed by atoms with E-state index in [2.05, 4.69) is 25.3 Å². The van der Waals surface area contributed by atoms with Gasteiger partial charge in [-0.05, 0) is 37.5 Å². The number of rotatable bonds is 5. The second-order valence-corrected chi connectivity index (χ2v) is 8.55. The molecule has 0 aliphatic carbocycles. The first-order valence-corrected chi connectivity index (χ1v) is 11.2. The fourth-order valence-corrected chi connectivity index (χ4v) is 4.55. The molecular weight excluding hydrogens is 404 g/mol. The molecular formula is C23H28N8O. The quantitative estimate of drug-likeness (QED) is 0.657. The highest BCUT2D eigenvalue weighted by Gasteiger charge is 2.29. The van der Waals surface area contributed by atoms with Crippen molar-refractivity contribution < 1.29 is 4.79 Å². The molecule has 0 bridgehead atoms. The Morgan fingerprint density at radius 2 is 1.81 bits per heavy atom. The summed E-state index contributed by atoms with van der Waals surface area (Å²) in [6.07, 6.45) is 12.0. The molecule has 3 aromatic rings. The van der Waals surface area contributed by atoms with Gasteiger partial charge < -0.3 is 15.1 Å². The molecule has 9 heteroatoms. The highest BCUT2D eigenvalue weighted by Crippen LogP contribution is 2.22. The predicted molar refractivity (Wildman–Crippen MR) is 121 cm³/mol. The van der Waals surface area contributed by atoms with Crippen molar-refractivity contribution in [1.29, 1.82) is 0 Å². The van der Waals surface area contributed by atoms with Gasteiger partial charge in [0.1, 0.15) is 0 Å². The Morgan fingerprint density at radius 3 is 2.56 bits per heavy atom. The fourth-order valence-electron chi connectivity index (χ4n) is 4.55. The molecule has 5 heterocycles. The van der Waals surface area contributed by atoms with Gasteiger partial charge in [0.15, 0.2) is 0 Å². The maximum atomic E-state index is 12.6. The smallest absolute Gasteiger partial charge is 0.253 e. The molecule has 5 rings (SSSR count). The van der Waals surface area contributed by atoms with E-state index in [0.29, 0.717) is 17.6 Å². The van der Waals surface area contributed by atoms with E-state index in [-0.39, 0.29) is 5.91 Å². The molecule has 1 N–H and O–H groups in total. The molecule has 0 saturated carbocycles. The number of aromatic nitrogens is 5. The van der Waals surface area contributed by atoms with Crippen molar-refractivity contribution >= 4 is 11.9 Å². The van der Waals surface area contributed by atoms with Crippen LogP contribution in [0.1, 0.15) is 29.6 Å². The van der Waals surface area contributed by atoms with E-state index >= 15 is 0 Å². The van der Waals surface area contributed by atoms with Gasteiger partial charge in [-0.3, -0.25) is 14.5 Å². The molecule has 3 aromatic heterocycles. The maximum absolute atomic E-state index is 12.6. The second-order valence-electron chi connectivity index (χ2n) is 8.55. The van der Waals surface area contributed by atoms with Crippen molar-refractivity contribution in [2.45, 2.75) is 31.3 Å². The third-order valence-corrected chi connectivity index (χ3v) is 6.30. The van der Waals surface area contributed by atoms with Gasteiger partial charge in [0.2, 0.25) is 5.95 Å². The minimum Gasteiger partial charge on any atom is -0.339 e. The Labute approximate surface area is 187 Å². The number of pyridine rings is 1.